The molecule has 1 amide bonds. The Balaban J connectivity index is 1.41. The molecule has 2 aromatic heterocycles. The number of benzene rings is 1. The number of carbonyl (C=O) groups excluding carboxylic acids is 1. The summed E-state index contributed by atoms with van der Waals surface area (Å²) in [6.07, 6.45) is 0. The second-order valence-corrected chi connectivity index (χ2v) is 7.98. The Morgan fingerprint density at radius 1 is 1.00 bits per heavy atom. The van der Waals surface area contributed by atoms with Gasteiger partial charge in [-0.2, -0.15) is 0 Å². The minimum Gasteiger partial charge on any atom is -0.454 e. The van der Waals surface area contributed by atoms with Crippen molar-refractivity contribution in [3.63, 3.8) is 0 Å². The summed E-state index contributed by atoms with van der Waals surface area (Å²) in [5.74, 6) is 1.33. The molecule has 0 atom stereocenters. The highest BCUT2D eigenvalue weighted by atomic mass is 32.1. The summed E-state index contributed by atoms with van der Waals surface area (Å²) in [6, 6.07) is 13.7. The molecule has 0 spiro atoms. The quantitative estimate of drug-likeness (QED) is 0.662. The van der Waals surface area contributed by atoms with E-state index in [0.717, 1.165) is 13.1 Å². The van der Waals surface area contributed by atoms with E-state index in [9.17, 15) is 4.79 Å². The third-order valence-corrected chi connectivity index (χ3v) is 5.66. The van der Waals surface area contributed by atoms with Gasteiger partial charge in [0.15, 0.2) is 11.5 Å². The van der Waals surface area contributed by atoms with Crippen LogP contribution in [0.3, 0.4) is 0 Å². The molecule has 0 unspecified atom stereocenters. The standard InChI is InChI=1S/C19H18N2O3S2/c22-19(20-14-5-6-17-18(9-14)24-13-23-17)12-21(10-15-3-1-7-25-15)11-16-4-2-8-26-16/h1-9H,10-13H2,(H,20,22). The third kappa shape index (κ3) is 4.24. The van der Waals surface area contributed by atoms with Gasteiger partial charge < -0.3 is 14.8 Å². The van der Waals surface area contributed by atoms with E-state index in [0.29, 0.717) is 23.7 Å². The number of amides is 1. The summed E-state index contributed by atoms with van der Waals surface area (Å²) in [4.78, 5) is 17.2. The van der Waals surface area contributed by atoms with Crippen molar-refractivity contribution in [2.75, 3.05) is 18.7 Å². The van der Waals surface area contributed by atoms with Crippen molar-refractivity contribution >= 4 is 34.3 Å². The van der Waals surface area contributed by atoms with Gasteiger partial charge in [0.05, 0.1) is 6.54 Å². The molecule has 7 heteroatoms. The van der Waals surface area contributed by atoms with Crippen LogP contribution in [0.2, 0.25) is 0 Å². The van der Waals surface area contributed by atoms with Gasteiger partial charge in [-0.05, 0) is 35.0 Å². The highest BCUT2D eigenvalue weighted by Gasteiger charge is 2.16. The molecule has 1 N–H and O–H groups in total. The number of ether oxygens (including phenoxy) is 2. The van der Waals surface area contributed by atoms with Gasteiger partial charge in [-0.25, -0.2) is 0 Å². The van der Waals surface area contributed by atoms with Gasteiger partial charge >= 0.3 is 0 Å². The van der Waals surface area contributed by atoms with E-state index in [1.165, 1.54) is 9.75 Å². The monoisotopic (exact) mass is 386 g/mol. The molecule has 4 rings (SSSR count). The molecule has 0 aliphatic carbocycles. The van der Waals surface area contributed by atoms with Gasteiger partial charge in [-0.1, -0.05) is 12.1 Å². The van der Waals surface area contributed by atoms with Gasteiger partial charge in [0, 0.05) is 34.6 Å². The Bertz CT molecular complexity index is 827. The van der Waals surface area contributed by atoms with Crippen molar-refractivity contribution in [2.24, 2.45) is 0 Å². The average molecular weight is 386 g/mol. The lowest BCUT2D eigenvalue weighted by Crippen LogP contribution is -2.32. The van der Waals surface area contributed by atoms with Crippen LogP contribution in [0.4, 0.5) is 5.69 Å². The first-order valence-corrected chi connectivity index (χ1v) is 9.99. The molecule has 1 aliphatic rings. The molecular weight excluding hydrogens is 368 g/mol. The van der Waals surface area contributed by atoms with E-state index < -0.39 is 0 Å². The lowest BCUT2D eigenvalue weighted by molar-refractivity contribution is -0.117. The maximum absolute atomic E-state index is 12.6. The van der Waals surface area contributed by atoms with Crippen molar-refractivity contribution in [2.45, 2.75) is 13.1 Å². The molecule has 1 aliphatic heterocycles. The predicted octanol–water partition coefficient (Wildman–Crippen LogP) is 4.18. The maximum Gasteiger partial charge on any atom is 0.238 e. The SMILES string of the molecule is O=C(CN(Cc1cccs1)Cc1cccs1)Nc1ccc2c(c1)OCO2. The highest BCUT2D eigenvalue weighted by molar-refractivity contribution is 7.10. The Labute approximate surface area is 159 Å². The van der Waals surface area contributed by atoms with E-state index in [4.69, 9.17) is 9.47 Å². The minimum absolute atomic E-state index is 0.0445. The average Bonchev–Trinajstić information content (AvgIpc) is 3.36. The van der Waals surface area contributed by atoms with Crippen molar-refractivity contribution < 1.29 is 14.3 Å². The fourth-order valence-electron chi connectivity index (χ4n) is 2.79. The molecule has 3 heterocycles. The number of anilines is 1. The van der Waals surface area contributed by atoms with Crippen LogP contribution in [0.25, 0.3) is 0 Å². The molecule has 0 radical (unpaired) electrons. The van der Waals surface area contributed by atoms with Gasteiger partial charge in [0.25, 0.3) is 0 Å². The number of hydrogen-bond donors (Lipinski definition) is 1. The normalized spacial score (nSPS) is 12.5. The summed E-state index contributed by atoms with van der Waals surface area (Å²) in [5.41, 5.74) is 0.714. The zero-order chi connectivity index (χ0) is 17.8. The van der Waals surface area contributed by atoms with Crippen LogP contribution in [0, 0.1) is 0 Å². The summed E-state index contributed by atoms with van der Waals surface area (Å²) in [5, 5.41) is 7.07. The summed E-state index contributed by atoms with van der Waals surface area (Å²) in [6.45, 7) is 2.06. The number of carbonyl (C=O) groups is 1. The lowest BCUT2D eigenvalue weighted by atomic mass is 10.2. The summed E-state index contributed by atoms with van der Waals surface area (Å²) >= 11 is 3.42. The number of fused-ring (bicyclic) bond motifs is 1. The Kier molecular flexibility index (Phi) is 5.19. The zero-order valence-electron chi connectivity index (χ0n) is 14.0. The Morgan fingerprint density at radius 2 is 1.69 bits per heavy atom. The summed E-state index contributed by atoms with van der Waals surface area (Å²) in [7, 11) is 0. The molecule has 5 nitrogen and oxygen atoms in total. The lowest BCUT2D eigenvalue weighted by Gasteiger charge is -2.20. The fraction of sp³-hybridized carbons (Fsp3) is 0.211. The van der Waals surface area contributed by atoms with Crippen molar-refractivity contribution in [1.29, 1.82) is 0 Å². The Morgan fingerprint density at radius 3 is 2.35 bits per heavy atom. The van der Waals surface area contributed by atoms with Crippen LogP contribution in [0.15, 0.2) is 53.2 Å². The molecule has 1 aromatic carbocycles. The van der Waals surface area contributed by atoms with Crippen LogP contribution in [-0.4, -0.2) is 24.1 Å². The first kappa shape index (κ1) is 17.1. The van der Waals surface area contributed by atoms with Gasteiger partial charge in [0.2, 0.25) is 12.7 Å². The minimum atomic E-state index is -0.0445. The number of thiophene rings is 2. The first-order valence-electron chi connectivity index (χ1n) is 8.23. The largest absolute Gasteiger partial charge is 0.454 e. The number of rotatable bonds is 7. The van der Waals surface area contributed by atoms with Crippen LogP contribution in [-0.2, 0) is 17.9 Å². The van der Waals surface area contributed by atoms with E-state index in [1.54, 1.807) is 28.7 Å². The molecule has 0 bridgehead atoms. The first-order chi connectivity index (χ1) is 12.8. The van der Waals surface area contributed by atoms with E-state index in [2.05, 4.69) is 33.1 Å². The summed E-state index contributed by atoms with van der Waals surface area (Å²) < 4.78 is 10.7. The van der Waals surface area contributed by atoms with Gasteiger partial charge in [0.1, 0.15) is 0 Å². The smallest absolute Gasteiger partial charge is 0.238 e. The van der Waals surface area contributed by atoms with Gasteiger partial charge in [-0.3, -0.25) is 9.69 Å². The van der Waals surface area contributed by atoms with Crippen LogP contribution < -0.4 is 14.8 Å². The van der Waals surface area contributed by atoms with Crippen LogP contribution in [0.1, 0.15) is 9.75 Å². The molecule has 0 fully saturated rings. The number of nitrogens with one attached hydrogen (secondary N) is 1. The van der Waals surface area contributed by atoms with Crippen molar-refractivity contribution in [3.05, 3.63) is 63.0 Å². The molecule has 0 saturated heterocycles. The van der Waals surface area contributed by atoms with E-state index >= 15 is 0 Å². The zero-order valence-corrected chi connectivity index (χ0v) is 15.6. The predicted molar refractivity (Wildman–Crippen MR) is 104 cm³/mol. The fourth-order valence-corrected chi connectivity index (χ4v) is 4.28. The second-order valence-electron chi connectivity index (χ2n) is 5.92. The number of hydrogen-bond acceptors (Lipinski definition) is 6. The molecule has 0 saturated carbocycles. The van der Waals surface area contributed by atoms with Crippen molar-refractivity contribution in [1.82, 2.24) is 4.90 Å². The van der Waals surface area contributed by atoms with E-state index in [-0.39, 0.29) is 12.7 Å². The van der Waals surface area contributed by atoms with Gasteiger partial charge in [-0.15, -0.1) is 22.7 Å². The number of nitrogens with zero attached hydrogens (tertiary/aromatic N) is 1. The van der Waals surface area contributed by atoms with Crippen LogP contribution >= 0.6 is 22.7 Å². The molecule has 134 valence electrons. The molecule has 3 aromatic rings. The van der Waals surface area contributed by atoms with E-state index in [1.807, 2.05) is 24.3 Å². The maximum atomic E-state index is 12.6. The Hall–Kier alpha value is -2.35. The topological polar surface area (TPSA) is 50.8 Å². The second kappa shape index (κ2) is 7.90. The third-order valence-electron chi connectivity index (χ3n) is 3.94. The van der Waals surface area contributed by atoms with Crippen LogP contribution in [0.5, 0.6) is 11.5 Å². The molecular formula is C19H18N2O3S2. The molecule has 26 heavy (non-hydrogen) atoms. The highest BCUT2D eigenvalue weighted by Crippen LogP contribution is 2.34. The van der Waals surface area contributed by atoms with Crippen molar-refractivity contribution in [3.8, 4) is 11.5 Å².